The van der Waals surface area contributed by atoms with Crippen molar-refractivity contribution >= 4 is 11.8 Å². The van der Waals surface area contributed by atoms with Crippen molar-refractivity contribution in [3.8, 4) is 0 Å². The second kappa shape index (κ2) is 6.94. The number of H-pyrrole nitrogens is 1. The number of rotatable bonds is 5. The van der Waals surface area contributed by atoms with Crippen LogP contribution in [0, 0.1) is 5.92 Å². The van der Waals surface area contributed by atoms with Crippen LogP contribution in [0.25, 0.3) is 0 Å². The van der Waals surface area contributed by atoms with Crippen LogP contribution >= 0.6 is 0 Å². The highest BCUT2D eigenvalue weighted by atomic mass is 16.2. The summed E-state index contributed by atoms with van der Waals surface area (Å²) in [4.78, 5) is 26.4. The zero-order valence-electron chi connectivity index (χ0n) is 12.9. The molecule has 1 aliphatic carbocycles. The summed E-state index contributed by atoms with van der Waals surface area (Å²) < 4.78 is 0. The van der Waals surface area contributed by atoms with Crippen LogP contribution in [0.5, 0.6) is 0 Å². The Kier molecular flexibility index (Phi) is 4.75. The molecular weight excluding hydrogens is 280 g/mol. The van der Waals surface area contributed by atoms with Crippen molar-refractivity contribution in [1.82, 2.24) is 20.4 Å². The predicted octanol–water partition coefficient (Wildman–Crippen LogP) is 1.25. The molecule has 1 atom stereocenters. The number of likely N-dealkylation sites (tertiary alicyclic amines) is 1. The molecule has 22 heavy (non-hydrogen) atoms. The van der Waals surface area contributed by atoms with Gasteiger partial charge < -0.3 is 10.2 Å². The highest BCUT2D eigenvalue weighted by Gasteiger charge is 2.34. The molecule has 2 aliphatic rings. The van der Waals surface area contributed by atoms with E-state index in [-0.39, 0.29) is 17.7 Å². The van der Waals surface area contributed by atoms with Gasteiger partial charge in [-0.1, -0.05) is 12.8 Å². The second-order valence-corrected chi connectivity index (χ2v) is 6.34. The fraction of sp³-hybridized carbons (Fsp3) is 0.688. The van der Waals surface area contributed by atoms with Crippen molar-refractivity contribution in [3.63, 3.8) is 0 Å². The molecule has 3 rings (SSSR count). The van der Waals surface area contributed by atoms with Crippen molar-refractivity contribution < 1.29 is 9.59 Å². The van der Waals surface area contributed by atoms with E-state index in [9.17, 15) is 9.59 Å². The van der Waals surface area contributed by atoms with Crippen LogP contribution in [0.2, 0.25) is 0 Å². The summed E-state index contributed by atoms with van der Waals surface area (Å²) in [5, 5.41) is 9.77. The molecule has 0 bridgehead atoms. The number of nitrogens with one attached hydrogen (secondary N) is 2. The lowest BCUT2D eigenvalue weighted by atomic mass is 9.95. The van der Waals surface area contributed by atoms with Gasteiger partial charge in [-0.15, -0.1) is 0 Å². The number of hydrogen-bond acceptors (Lipinski definition) is 3. The zero-order chi connectivity index (χ0) is 15.4. The lowest BCUT2D eigenvalue weighted by Gasteiger charge is -2.36. The van der Waals surface area contributed by atoms with Gasteiger partial charge in [0.25, 0.3) is 0 Å². The quantitative estimate of drug-likeness (QED) is 0.859. The van der Waals surface area contributed by atoms with Crippen molar-refractivity contribution in [2.24, 2.45) is 5.92 Å². The zero-order valence-corrected chi connectivity index (χ0v) is 12.9. The lowest BCUT2D eigenvalue weighted by molar-refractivity contribution is -0.140. The third-order valence-electron chi connectivity index (χ3n) is 4.83. The molecule has 0 radical (unpaired) electrons. The first-order chi connectivity index (χ1) is 10.7. The van der Waals surface area contributed by atoms with Crippen LogP contribution in [0.15, 0.2) is 12.3 Å². The summed E-state index contributed by atoms with van der Waals surface area (Å²) in [7, 11) is 0. The Morgan fingerprint density at radius 2 is 2.18 bits per heavy atom. The van der Waals surface area contributed by atoms with E-state index in [0.717, 1.165) is 25.0 Å². The van der Waals surface area contributed by atoms with Crippen molar-refractivity contribution in [1.29, 1.82) is 0 Å². The molecule has 6 heteroatoms. The monoisotopic (exact) mass is 304 g/mol. The molecule has 6 nitrogen and oxygen atoms in total. The van der Waals surface area contributed by atoms with Gasteiger partial charge in [0.2, 0.25) is 11.8 Å². The first-order valence-electron chi connectivity index (χ1n) is 8.29. The average Bonchev–Trinajstić information content (AvgIpc) is 3.21. The summed E-state index contributed by atoms with van der Waals surface area (Å²) in [5.41, 5.74) is 1.02. The molecule has 120 valence electrons. The number of aromatic amines is 1. The van der Waals surface area contributed by atoms with Gasteiger partial charge in [-0.05, 0) is 25.3 Å². The van der Waals surface area contributed by atoms with E-state index in [2.05, 4.69) is 15.5 Å². The van der Waals surface area contributed by atoms with E-state index in [0.29, 0.717) is 32.0 Å². The Morgan fingerprint density at radius 3 is 2.91 bits per heavy atom. The maximum absolute atomic E-state index is 12.3. The van der Waals surface area contributed by atoms with E-state index in [1.54, 1.807) is 6.20 Å². The molecule has 1 aromatic heterocycles. The first-order valence-corrected chi connectivity index (χ1v) is 8.29. The molecule has 2 amide bonds. The van der Waals surface area contributed by atoms with Crippen LogP contribution in [-0.2, 0) is 16.0 Å². The summed E-state index contributed by atoms with van der Waals surface area (Å²) >= 11 is 0. The Hall–Kier alpha value is -1.85. The Bertz CT molecular complexity index is 508. The number of aromatic nitrogens is 2. The molecule has 2 fully saturated rings. The molecule has 1 saturated carbocycles. The van der Waals surface area contributed by atoms with Gasteiger partial charge in [0, 0.05) is 43.9 Å². The fourth-order valence-corrected chi connectivity index (χ4v) is 3.54. The average molecular weight is 304 g/mol. The highest BCUT2D eigenvalue weighted by molar-refractivity contribution is 5.84. The van der Waals surface area contributed by atoms with Crippen molar-refractivity contribution in [3.05, 3.63) is 18.0 Å². The van der Waals surface area contributed by atoms with Gasteiger partial charge in [-0.3, -0.25) is 14.7 Å². The van der Waals surface area contributed by atoms with Crippen LogP contribution < -0.4 is 5.32 Å². The number of hydrogen-bond donors (Lipinski definition) is 2. The number of piperidine rings is 1. The largest absolute Gasteiger partial charge is 0.355 e. The van der Waals surface area contributed by atoms with Gasteiger partial charge in [0.1, 0.15) is 0 Å². The molecule has 1 saturated heterocycles. The van der Waals surface area contributed by atoms with E-state index >= 15 is 0 Å². The van der Waals surface area contributed by atoms with Crippen LogP contribution in [0.1, 0.15) is 44.2 Å². The summed E-state index contributed by atoms with van der Waals surface area (Å²) in [6.07, 6.45) is 8.25. The predicted molar refractivity (Wildman–Crippen MR) is 82.0 cm³/mol. The minimum absolute atomic E-state index is 0.0555. The van der Waals surface area contributed by atoms with Gasteiger partial charge >= 0.3 is 0 Å². The third-order valence-corrected chi connectivity index (χ3v) is 4.83. The summed E-state index contributed by atoms with van der Waals surface area (Å²) in [5.74, 6) is 0.253. The summed E-state index contributed by atoms with van der Waals surface area (Å²) in [6.45, 7) is 1.20. The second-order valence-electron chi connectivity index (χ2n) is 6.34. The van der Waals surface area contributed by atoms with E-state index in [1.165, 1.54) is 12.8 Å². The molecule has 2 N–H and O–H groups in total. The molecule has 1 aromatic rings. The van der Waals surface area contributed by atoms with E-state index < -0.39 is 0 Å². The van der Waals surface area contributed by atoms with Gasteiger partial charge in [0.05, 0.1) is 5.92 Å². The highest BCUT2D eigenvalue weighted by Crippen LogP contribution is 2.28. The fourth-order valence-electron chi connectivity index (χ4n) is 3.54. The van der Waals surface area contributed by atoms with Crippen molar-refractivity contribution in [2.75, 3.05) is 13.1 Å². The molecule has 1 aliphatic heterocycles. The molecular formula is C16H24N4O2. The van der Waals surface area contributed by atoms with Crippen LogP contribution in [0.3, 0.4) is 0 Å². The minimum atomic E-state index is -0.0555. The van der Waals surface area contributed by atoms with E-state index in [1.807, 2.05) is 11.0 Å². The Morgan fingerprint density at radius 1 is 1.36 bits per heavy atom. The summed E-state index contributed by atoms with van der Waals surface area (Å²) in [6, 6.07) is 2.28. The Labute approximate surface area is 130 Å². The third kappa shape index (κ3) is 3.48. The minimum Gasteiger partial charge on any atom is -0.355 e. The van der Waals surface area contributed by atoms with Gasteiger partial charge in [0.15, 0.2) is 0 Å². The molecule has 0 unspecified atom stereocenters. The molecule has 2 heterocycles. The molecule has 0 aromatic carbocycles. The molecule has 0 spiro atoms. The number of amides is 2. The van der Waals surface area contributed by atoms with E-state index in [4.69, 9.17) is 0 Å². The van der Waals surface area contributed by atoms with Gasteiger partial charge in [-0.2, -0.15) is 5.10 Å². The van der Waals surface area contributed by atoms with Crippen molar-refractivity contribution in [2.45, 2.75) is 51.0 Å². The standard InChI is InChI=1S/C16H24N4O2/c21-15-6-5-12(11-20(15)14-3-1-2-4-14)16(22)17-9-7-13-8-10-18-19-13/h8,10,12,14H,1-7,9,11H2,(H,17,22)(H,18,19)/t12-/m0/s1. The normalized spacial score (nSPS) is 23.0. The lowest BCUT2D eigenvalue weighted by Crippen LogP contribution is -2.49. The van der Waals surface area contributed by atoms with Gasteiger partial charge in [-0.25, -0.2) is 0 Å². The first kappa shape index (κ1) is 15.1. The topological polar surface area (TPSA) is 78.1 Å². The van der Waals surface area contributed by atoms with Crippen LogP contribution in [-0.4, -0.2) is 46.0 Å². The SMILES string of the molecule is O=C(NCCc1ccn[nH]1)[C@H]1CCC(=O)N(C2CCCC2)C1. The smallest absolute Gasteiger partial charge is 0.224 e. The number of nitrogens with zero attached hydrogens (tertiary/aromatic N) is 2. The maximum Gasteiger partial charge on any atom is 0.224 e. The number of carbonyl (C=O) groups is 2. The van der Waals surface area contributed by atoms with Crippen LogP contribution in [0.4, 0.5) is 0 Å². The maximum atomic E-state index is 12.3. The Balaban J connectivity index is 1.48. The number of carbonyl (C=O) groups excluding carboxylic acids is 2.